The van der Waals surface area contributed by atoms with Gasteiger partial charge in [0.25, 0.3) is 0 Å². The molecular formula is C58H35NO2S. The Morgan fingerprint density at radius 1 is 0.355 bits per heavy atom. The third kappa shape index (κ3) is 5.51. The molecule has 0 aliphatic rings. The summed E-state index contributed by atoms with van der Waals surface area (Å²) in [6.07, 6.45) is 0. The fraction of sp³-hybridized carbons (Fsp3) is 0. The summed E-state index contributed by atoms with van der Waals surface area (Å²) in [5, 5.41) is 9.18. The highest BCUT2D eigenvalue weighted by Gasteiger charge is 2.23. The van der Waals surface area contributed by atoms with Crippen molar-refractivity contribution in [3.63, 3.8) is 0 Å². The number of benzene rings is 10. The van der Waals surface area contributed by atoms with E-state index in [9.17, 15) is 0 Å². The van der Waals surface area contributed by atoms with E-state index in [0.29, 0.717) is 0 Å². The van der Waals surface area contributed by atoms with Crippen LogP contribution in [0.5, 0.6) is 0 Å². The standard InChI is InChI=1S/C58H35NO2S/c1-2-11-36(12-3-1)38-23-27-42(28-24-38)59(43-29-25-39(26-30-43)45-17-10-18-47-46-15-7-9-20-54(46)62-58(45)47)44-31-32-52-49(34-44)50-35-53-56(48-16-6-8-19-51(48)60-53)55(57(50)61-52)41-22-21-37-13-4-5-14-40(37)33-41/h1-35H. The molecule has 3 nitrogen and oxygen atoms in total. The Morgan fingerprint density at radius 2 is 1.00 bits per heavy atom. The molecule has 62 heavy (non-hydrogen) atoms. The van der Waals surface area contributed by atoms with Gasteiger partial charge in [-0.25, -0.2) is 0 Å². The number of furan rings is 2. The van der Waals surface area contributed by atoms with Gasteiger partial charge in [0.15, 0.2) is 0 Å². The highest BCUT2D eigenvalue weighted by Crippen LogP contribution is 2.47. The van der Waals surface area contributed by atoms with Gasteiger partial charge in [-0.05, 0) is 105 Å². The highest BCUT2D eigenvalue weighted by molar-refractivity contribution is 7.26. The topological polar surface area (TPSA) is 29.5 Å². The Kier molecular flexibility index (Phi) is 7.78. The van der Waals surface area contributed by atoms with E-state index in [1.54, 1.807) is 0 Å². The van der Waals surface area contributed by atoms with E-state index in [4.69, 9.17) is 8.83 Å². The predicted molar refractivity (Wildman–Crippen MR) is 262 cm³/mol. The lowest BCUT2D eigenvalue weighted by Crippen LogP contribution is -2.09. The molecular weight excluding hydrogens is 775 g/mol. The molecule has 0 atom stereocenters. The average Bonchev–Trinajstić information content (AvgIpc) is 4.03. The summed E-state index contributed by atoms with van der Waals surface area (Å²) in [7, 11) is 0. The molecule has 10 aromatic carbocycles. The third-order valence-corrected chi connectivity index (χ3v) is 13.7. The number of nitrogens with zero attached hydrogens (tertiary/aromatic N) is 1. The molecule has 0 saturated heterocycles. The molecule has 0 fully saturated rings. The first kappa shape index (κ1) is 34.9. The maximum Gasteiger partial charge on any atom is 0.144 e. The van der Waals surface area contributed by atoms with Crippen molar-refractivity contribution in [2.24, 2.45) is 0 Å². The Labute approximate surface area is 360 Å². The maximum atomic E-state index is 6.95. The summed E-state index contributed by atoms with van der Waals surface area (Å²) in [5.74, 6) is 0. The van der Waals surface area contributed by atoms with Crippen LogP contribution in [-0.4, -0.2) is 0 Å². The van der Waals surface area contributed by atoms with E-state index in [-0.39, 0.29) is 0 Å². The van der Waals surface area contributed by atoms with Crippen molar-refractivity contribution in [1.29, 1.82) is 0 Å². The number of rotatable bonds is 6. The second kappa shape index (κ2) is 13.8. The van der Waals surface area contributed by atoms with E-state index in [2.05, 4.69) is 205 Å². The summed E-state index contributed by atoms with van der Waals surface area (Å²) >= 11 is 1.87. The lowest BCUT2D eigenvalue weighted by Gasteiger charge is -2.26. The quantitative estimate of drug-likeness (QED) is 0.168. The first-order chi connectivity index (χ1) is 30.7. The van der Waals surface area contributed by atoms with Crippen molar-refractivity contribution < 1.29 is 8.83 Å². The van der Waals surface area contributed by atoms with E-state index in [0.717, 1.165) is 72.1 Å². The number of anilines is 3. The van der Waals surface area contributed by atoms with Gasteiger partial charge in [-0.15, -0.1) is 11.3 Å². The molecule has 0 saturated carbocycles. The van der Waals surface area contributed by atoms with Gasteiger partial charge in [-0.3, -0.25) is 0 Å². The van der Waals surface area contributed by atoms with Gasteiger partial charge in [-0.2, -0.15) is 0 Å². The molecule has 290 valence electrons. The minimum absolute atomic E-state index is 0.828. The number of para-hydroxylation sites is 1. The second-order valence-electron chi connectivity index (χ2n) is 16.0. The molecule has 3 heterocycles. The van der Waals surface area contributed by atoms with Crippen LogP contribution in [0, 0.1) is 0 Å². The minimum atomic E-state index is 0.828. The average molecular weight is 810 g/mol. The smallest absolute Gasteiger partial charge is 0.144 e. The zero-order valence-corrected chi connectivity index (χ0v) is 34.2. The van der Waals surface area contributed by atoms with Gasteiger partial charge in [0.1, 0.15) is 22.3 Å². The van der Waals surface area contributed by atoms with Crippen molar-refractivity contribution in [2.45, 2.75) is 0 Å². The summed E-state index contributed by atoms with van der Waals surface area (Å²) in [6, 6.07) is 76.1. The molecule has 0 amide bonds. The van der Waals surface area contributed by atoms with Crippen LogP contribution in [0.25, 0.3) is 108 Å². The van der Waals surface area contributed by atoms with E-state index in [1.165, 1.54) is 53.2 Å². The van der Waals surface area contributed by atoms with Crippen molar-refractivity contribution in [2.75, 3.05) is 4.90 Å². The van der Waals surface area contributed by atoms with Gasteiger partial charge in [-0.1, -0.05) is 146 Å². The lowest BCUT2D eigenvalue weighted by molar-refractivity contribution is 0.664. The number of hydrogen-bond donors (Lipinski definition) is 0. The van der Waals surface area contributed by atoms with Gasteiger partial charge in [0.2, 0.25) is 0 Å². The van der Waals surface area contributed by atoms with Crippen molar-refractivity contribution >= 4 is 103 Å². The van der Waals surface area contributed by atoms with Crippen LogP contribution in [-0.2, 0) is 0 Å². The normalized spacial score (nSPS) is 11.9. The van der Waals surface area contributed by atoms with Crippen LogP contribution in [0.3, 0.4) is 0 Å². The van der Waals surface area contributed by atoms with Crippen LogP contribution < -0.4 is 4.90 Å². The molecule has 0 bridgehead atoms. The van der Waals surface area contributed by atoms with Gasteiger partial charge in [0, 0.05) is 64.3 Å². The fourth-order valence-electron chi connectivity index (χ4n) is 9.51. The van der Waals surface area contributed by atoms with Gasteiger partial charge in [0.05, 0.1) is 0 Å². The predicted octanol–water partition coefficient (Wildman–Crippen LogP) is 17.5. The van der Waals surface area contributed by atoms with Crippen LogP contribution in [0.15, 0.2) is 221 Å². The summed E-state index contributed by atoms with van der Waals surface area (Å²) in [5.41, 5.74) is 13.5. The minimum Gasteiger partial charge on any atom is -0.456 e. The fourth-order valence-corrected chi connectivity index (χ4v) is 10.7. The Hall–Kier alpha value is -7.92. The highest BCUT2D eigenvalue weighted by atomic mass is 32.1. The Morgan fingerprint density at radius 3 is 1.84 bits per heavy atom. The van der Waals surface area contributed by atoms with Crippen LogP contribution >= 0.6 is 11.3 Å². The monoisotopic (exact) mass is 809 g/mol. The summed E-state index contributed by atoms with van der Waals surface area (Å²) in [6.45, 7) is 0. The van der Waals surface area contributed by atoms with E-state index >= 15 is 0 Å². The molecule has 4 heteroatoms. The third-order valence-electron chi connectivity index (χ3n) is 12.5. The lowest BCUT2D eigenvalue weighted by atomic mass is 9.95. The van der Waals surface area contributed by atoms with E-state index in [1.807, 2.05) is 23.5 Å². The summed E-state index contributed by atoms with van der Waals surface area (Å²) < 4.78 is 16.2. The zero-order chi connectivity index (χ0) is 40.7. The largest absolute Gasteiger partial charge is 0.456 e. The van der Waals surface area contributed by atoms with Crippen LogP contribution in [0.2, 0.25) is 0 Å². The second-order valence-corrected chi connectivity index (χ2v) is 17.1. The maximum absolute atomic E-state index is 6.95. The molecule has 0 aliphatic heterocycles. The van der Waals surface area contributed by atoms with Gasteiger partial charge >= 0.3 is 0 Å². The SMILES string of the molecule is c1ccc(-c2ccc(N(c3ccc(-c4cccc5c4sc4ccccc45)cc3)c3ccc4oc5c(-c6ccc7ccccc7c6)c6c(cc5c4c3)oc3ccccc36)cc2)cc1. The molecule has 0 radical (unpaired) electrons. The first-order valence-electron chi connectivity index (χ1n) is 21.0. The molecule has 0 spiro atoms. The van der Waals surface area contributed by atoms with Crippen molar-refractivity contribution in [1.82, 2.24) is 0 Å². The first-order valence-corrected chi connectivity index (χ1v) is 21.8. The molecule has 0 N–H and O–H groups in total. The number of thiophene rings is 1. The van der Waals surface area contributed by atoms with Crippen molar-refractivity contribution in [3.8, 4) is 33.4 Å². The zero-order valence-electron chi connectivity index (χ0n) is 33.4. The van der Waals surface area contributed by atoms with Crippen LogP contribution in [0.1, 0.15) is 0 Å². The number of hydrogen-bond acceptors (Lipinski definition) is 4. The molecule has 3 aromatic heterocycles. The molecule has 0 aliphatic carbocycles. The summed E-state index contributed by atoms with van der Waals surface area (Å²) in [4.78, 5) is 2.35. The Balaban J connectivity index is 0.997. The molecule has 0 unspecified atom stereocenters. The van der Waals surface area contributed by atoms with E-state index < -0.39 is 0 Å². The number of fused-ring (bicyclic) bond motifs is 10. The van der Waals surface area contributed by atoms with Crippen LogP contribution in [0.4, 0.5) is 17.1 Å². The van der Waals surface area contributed by atoms with Crippen molar-refractivity contribution in [3.05, 3.63) is 212 Å². The molecule has 13 aromatic rings. The molecule has 13 rings (SSSR count). The van der Waals surface area contributed by atoms with Gasteiger partial charge < -0.3 is 13.7 Å². The Bertz CT molecular complexity index is 3860.